The third-order valence-electron chi connectivity index (χ3n) is 2.39. The fraction of sp³-hybridized carbons (Fsp3) is 0.167. The van der Waals surface area contributed by atoms with E-state index in [0.717, 1.165) is 11.3 Å². The van der Waals surface area contributed by atoms with Crippen LogP contribution in [-0.4, -0.2) is 22.5 Å². The standard InChI is InChI=1S/C12H9ClN2O4S/c1-2-19-12(16)11-14-9(6-20-11)7-3-4-8(13)10(5-7)15(17)18/h3-6H,2H2,1H3. The maximum absolute atomic E-state index is 11.5. The van der Waals surface area contributed by atoms with Crippen LogP contribution < -0.4 is 0 Å². The molecule has 6 nitrogen and oxygen atoms in total. The number of hydrogen-bond acceptors (Lipinski definition) is 6. The second kappa shape index (κ2) is 5.98. The Morgan fingerprint density at radius 2 is 2.30 bits per heavy atom. The van der Waals surface area contributed by atoms with Gasteiger partial charge in [-0.2, -0.15) is 0 Å². The van der Waals surface area contributed by atoms with Crippen LogP contribution >= 0.6 is 22.9 Å². The summed E-state index contributed by atoms with van der Waals surface area (Å²) >= 11 is 6.86. The zero-order chi connectivity index (χ0) is 14.7. The van der Waals surface area contributed by atoms with Gasteiger partial charge >= 0.3 is 5.97 Å². The number of nitro groups is 1. The highest BCUT2D eigenvalue weighted by atomic mass is 35.5. The first-order chi connectivity index (χ1) is 9.52. The van der Waals surface area contributed by atoms with Gasteiger partial charge in [0.1, 0.15) is 5.02 Å². The summed E-state index contributed by atoms with van der Waals surface area (Å²) in [6, 6.07) is 4.37. The van der Waals surface area contributed by atoms with Crippen molar-refractivity contribution in [3.63, 3.8) is 0 Å². The number of hydrogen-bond donors (Lipinski definition) is 0. The second-order valence-electron chi connectivity index (χ2n) is 3.68. The van der Waals surface area contributed by atoms with Gasteiger partial charge in [-0.3, -0.25) is 10.1 Å². The van der Waals surface area contributed by atoms with Crippen molar-refractivity contribution in [1.82, 2.24) is 4.98 Å². The van der Waals surface area contributed by atoms with E-state index < -0.39 is 10.9 Å². The van der Waals surface area contributed by atoms with Gasteiger partial charge in [0.15, 0.2) is 0 Å². The highest BCUT2D eigenvalue weighted by Gasteiger charge is 2.17. The molecule has 0 amide bonds. The summed E-state index contributed by atoms with van der Waals surface area (Å²) in [5, 5.41) is 12.7. The molecule has 0 radical (unpaired) electrons. The van der Waals surface area contributed by atoms with Crippen LogP contribution in [0.2, 0.25) is 5.02 Å². The Bertz CT molecular complexity index is 671. The van der Waals surface area contributed by atoms with Crippen LogP contribution in [0.15, 0.2) is 23.6 Å². The molecule has 0 unspecified atom stereocenters. The molecule has 0 aliphatic heterocycles. The predicted octanol–water partition coefficient (Wildman–Crippen LogP) is 3.55. The molecule has 0 bridgehead atoms. The summed E-state index contributed by atoms with van der Waals surface area (Å²) < 4.78 is 4.84. The van der Waals surface area contributed by atoms with E-state index >= 15 is 0 Å². The van der Waals surface area contributed by atoms with Crippen LogP contribution in [0.4, 0.5) is 5.69 Å². The average molecular weight is 313 g/mol. The van der Waals surface area contributed by atoms with Crippen LogP contribution in [0, 0.1) is 10.1 Å². The van der Waals surface area contributed by atoms with Crippen molar-refractivity contribution < 1.29 is 14.5 Å². The van der Waals surface area contributed by atoms with Gasteiger partial charge < -0.3 is 4.74 Å². The number of carbonyl (C=O) groups is 1. The molecule has 2 rings (SSSR count). The molecular weight excluding hydrogens is 304 g/mol. The number of carbonyl (C=O) groups excluding carboxylic acids is 1. The number of rotatable bonds is 4. The Hall–Kier alpha value is -1.99. The molecule has 1 heterocycles. The Morgan fingerprint density at radius 3 is 2.95 bits per heavy atom. The predicted molar refractivity (Wildman–Crippen MR) is 75.2 cm³/mol. The molecule has 0 spiro atoms. The minimum absolute atomic E-state index is 0.0552. The summed E-state index contributed by atoms with van der Waals surface area (Å²) in [5.74, 6) is -0.507. The number of aromatic nitrogens is 1. The van der Waals surface area contributed by atoms with Gasteiger partial charge in [-0.1, -0.05) is 17.7 Å². The maximum atomic E-state index is 11.5. The number of halogens is 1. The summed E-state index contributed by atoms with van der Waals surface area (Å²) in [6.45, 7) is 1.97. The first-order valence-corrected chi connectivity index (χ1v) is 6.85. The minimum Gasteiger partial charge on any atom is -0.461 e. The van der Waals surface area contributed by atoms with Gasteiger partial charge in [0.05, 0.1) is 17.2 Å². The zero-order valence-electron chi connectivity index (χ0n) is 10.3. The number of nitrogens with zero attached hydrogens (tertiary/aromatic N) is 2. The minimum atomic E-state index is -0.565. The lowest BCUT2D eigenvalue weighted by atomic mass is 10.1. The van der Waals surface area contributed by atoms with Crippen LogP contribution in [0.5, 0.6) is 0 Å². The molecule has 0 aliphatic rings. The van der Waals surface area contributed by atoms with Gasteiger partial charge in [-0.05, 0) is 13.0 Å². The first kappa shape index (κ1) is 14.4. The summed E-state index contributed by atoms with van der Waals surface area (Å²) in [5.41, 5.74) is 0.792. The van der Waals surface area contributed by atoms with E-state index in [1.165, 1.54) is 12.1 Å². The smallest absolute Gasteiger partial charge is 0.367 e. The molecule has 1 aromatic carbocycles. The van der Waals surface area contributed by atoms with Gasteiger partial charge in [0, 0.05) is 17.0 Å². The fourth-order valence-corrected chi connectivity index (χ4v) is 2.41. The first-order valence-electron chi connectivity index (χ1n) is 5.60. The topological polar surface area (TPSA) is 82.3 Å². The molecule has 104 valence electrons. The summed E-state index contributed by atoms with van der Waals surface area (Å²) in [7, 11) is 0. The molecular formula is C12H9ClN2O4S. The third-order valence-corrected chi connectivity index (χ3v) is 3.53. The Kier molecular flexibility index (Phi) is 4.31. The molecule has 0 fully saturated rings. The molecule has 0 saturated carbocycles. The van der Waals surface area contributed by atoms with Crippen molar-refractivity contribution in [2.45, 2.75) is 6.92 Å². The number of esters is 1. The number of thiazole rings is 1. The maximum Gasteiger partial charge on any atom is 0.367 e. The second-order valence-corrected chi connectivity index (χ2v) is 4.95. The van der Waals surface area contributed by atoms with Crippen LogP contribution in [0.3, 0.4) is 0 Å². The highest BCUT2D eigenvalue weighted by Crippen LogP contribution is 2.30. The molecule has 2 aromatic rings. The van der Waals surface area contributed by atoms with E-state index in [9.17, 15) is 14.9 Å². The number of nitro benzene ring substituents is 1. The lowest BCUT2D eigenvalue weighted by Crippen LogP contribution is -2.03. The fourth-order valence-electron chi connectivity index (χ4n) is 1.50. The Balaban J connectivity index is 2.35. The zero-order valence-corrected chi connectivity index (χ0v) is 11.9. The van der Waals surface area contributed by atoms with E-state index in [1.807, 2.05) is 0 Å². The highest BCUT2D eigenvalue weighted by molar-refractivity contribution is 7.11. The third kappa shape index (κ3) is 2.94. The number of ether oxygens (including phenoxy) is 1. The summed E-state index contributed by atoms with van der Waals surface area (Å²) in [4.78, 5) is 25.9. The van der Waals surface area contributed by atoms with Crippen LogP contribution in [0.25, 0.3) is 11.3 Å². The Morgan fingerprint density at radius 1 is 1.55 bits per heavy atom. The molecule has 8 heteroatoms. The van der Waals surface area contributed by atoms with E-state index in [2.05, 4.69) is 4.98 Å². The van der Waals surface area contributed by atoms with Gasteiger partial charge in [0.2, 0.25) is 5.01 Å². The number of benzene rings is 1. The van der Waals surface area contributed by atoms with Crippen molar-refractivity contribution in [1.29, 1.82) is 0 Å². The van der Waals surface area contributed by atoms with Crippen molar-refractivity contribution in [2.24, 2.45) is 0 Å². The molecule has 20 heavy (non-hydrogen) atoms. The van der Waals surface area contributed by atoms with E-state index in [-0.39, 0.29) is 22.3 Å². The lowest BCUT2D eigenvalue weighted by molar-refractivity contribution is -0.384. The van der Waals surface area contributed by atoms with E-state index in [4.69, 9.17) is 16.3 Å². The van der Waals surface area contributed by atoms with Crippen LogP contribution in [0.1, 0.15) is 16.7 Å². The molecule has 1 aromatic heterocycles. The van der Waals surface area contributed by atoms with Crippen molar-refractivity contribution >= 4 is 34.6 Å². The SMILES string of the molecule is CCOC(=O)c1nc(-c2ccc(Cl)c([N+](=O)[O-])c2)cs1. The molecule has 0 saturated heterocycles. The quantitative estimate of drug-likeness (QED) is 0.490. The Labute approximate surface area is 123 Å². The van der Waals surface area contributed by atoms with Crippen molar-refractivity contribution in [2.75, 3.05) is 6.61 Å². The van der Waals surface area contributed by atoms with E-state index in [1.54, 1.807) is 18.4 Å². The molecule has 0 aliphatic carbocycles. The van der Waals surface area contributed by atoms with E-state index in [0.29, 0.717) is 11.3 Å². The lowest BCUT2D eigenvalue weighted by Gasteiger charge is -1.99. The molecule has 0 N–H and O–H groups in total. The van der Waals surface area contributed by atoms with Gasteiger partial charge in [0.25, 0.3) is 5.69 Å². The van der Waals surface area contributed by atoms with Gasteiger partial charge in [-0.25, -0.2) is 9.78 Å². The average Bonchev–Trinajstić information content (AvgIpc) is 2.89. The van der Waals surface area contributed by atoms with Crippen LogP contribution in [-0.2, 0) is 4.74 Å². The normalized spacial score (nSPS) is 10.3. The monoisotopic (exact) mass is 312 g/mol. The van der Waals surface area contributed by atoms with Crippen molar-refractivity contribution in [3.05, 3.63) is 43.7 Å². The largest absolute Gasteiger partial charge is 0.461 e. The molecule has 0 atom stereocenters. The van der Waals surface area contributed by atoms with Gasteiger partial charge in [-0.15, -0.1) is 11.3 Å². The van der Waals surface area contributed by atoms with Crippen molar-refractivity contribution in [3.8, 4) is 11.3 Å². The summed E-state index contributed by atoms with van der Waals surface area (Å²) in [6.07, 6.45) is 0.